The summed E-state index contributed by atoms with van der Waals surface area (Å²) in [7, 11) is 4.81. The molecule has 0 fully saturated rings. The molecular formula is C2H3Cl2F3O2S. The Labute approximate surface area is 64.8 Å². The number of alkyl halides is 3. The van der Waals surface area contributed by atoms with E-state index in [0.29, 0.717) is 0 Å². The predicted molar refractivity (Wildman–Crippen MR) is 32.6 cm³/mol. The topological polar surface area (TPSA) is 34.1 Å². The van der Waals surface area contributed by atoms with Crippen LogP contribution in [0.1, 0.15) is 0 Å². The molecule has 0 heterocycles. The Balaban J connectivity index is 0. The van der Waals surface area contributed by atoms with Crippen LogP contribution in [0.15, 0.2) is 0 Å². The molecule has 0 radical (unpaired) electrons. The van der Waals surface area contributed by atoms with Crippen LogP contribution in [0.25, 0.3) is 0 Å². The Hall–Kier alpha value is 0.320. The molecule has 10 heavy (non-hydrogen) atoms. The van der Waals surface area contributed by atoms with Gasteiger partial charge in [-0.25, -0.2) is 13.2 Å². The zero-order valence-corrected chi connectivity index (χ0v) is 6.73. The van der Waals surface area contributed by atoms with Gasteiger partial charge in [0.05, 0.1) is 0 Å². The van der Waals surface area contributed by atoms with Crippen LogP contribution in [0.4, 0.5) is 13.2 Å². The molecule has 0 atom stereocenters. The van der Waals surface area contributed by atoms with Crippen molar-refractivity contribution in [2.24, 2.45) is 0 Å². The van der Waals surface area contributed by atoms with Crippen molar-refractivity contribution >= 4 is 29.6 Å². The van der Waals surface area contributed by atoms with Crippen LogP contribution in [0, 0.1) is 0 Å². The molecule has 0 aliphatic heterocycles. The lowest BCUT2D eigenvalue weighted by molar-refractivity contribution is 0.113. The molecule has 0 spiro atoms. The maximum atomic E-state index is 10.4. The van der Waals surface area contributed by atoms with Crippen molar-refractivity contribution in [3.05, 3.63) is 0 Å². The summed E-state index contributed by atoms with van der Waals surface area (Å²) in [6.07, 6.45) is -2.78. The first-order valence-corrected chi connectivity index (χ1v) is 4.89. The van der Waals surface area contributed by atoms with E-state index in [1.807, 2.05) is 0 Å². The van der Waals surface area contributed by atoms with E-state index in [9.17, 15) is 13.2 Å². The van der Waals surface area contributed by atoms with Crippen LogP contribution in [0.2, 0.25) is 0 Å². The molecule has 0 N–H and O–H groups in total. The highest BCUT2D eigenvalue weighted by Gasteiger charge is 1.95. The largest absolute Gasteiger partial charge is 0.317 e. The molecule has 0 aromatic carbocycles. The van der Waals surface area contributed by atoms with Gasteiger partial charge in [0.2, 0.25) is 0 Å². The van der Waals surface area contributed by atoms with Crippen molar-refractivity contribution in [1.29, 1.82) is 0 Å². The van der Waals surface area contributed by atoms with E-state index in [4.69, 9.17) is 8.42 Å². The molecule has 0 saturated carbocycles. The number of hydrogen-bond acceptors (Lipinski definition) is 2. The number of hydrogen-bond donors (Lipinski definition) is 0. The van der Waals surface area contributed by atoms with E-state index < -0.39 is 21.4 Å². The standard InChI is InChI=1S/C2H3F3.Cl2O2S/c3-1-2(4)5;1-5(2,3)4/h2H,1H2;. The van der Waals surface area contributed by atoms with Gasteiger partial charge in [0, 0.05) is 21.4 Å². The Morgan fingerprint density at radius 3 is 1.40 bits per heavy atom. The summed E-state index contributed by atoms with van der Waals surface area (Å²) in [5.41, 5.74) is 0. The molecular weight excluding hydrogens is 216 g/mol. The van der Waals surface area contributed by atoms with Gasteiger partial charge >= 0.3 is 8.26 Å². The molecule has 0 aliphatic carbocycles. The highest BCUT2D eigenvalue weighted by molar-refractivity contribution is 8.31. The molecule has 0 unspecified atom stereocenters. The minimum Gasteiger partial charge on any atom is -0.245 e. The van der Waals surface area contributed by atoms with E-state index in [2.05, 4.69) is 21.4 Å². The first-order valence-electron chi connectivity index (χ1n) is 1.75. The SMILES string of the molecule is FCC(F)F.O=S(=O)(Cl)Cl. The quantitative estimate of drug-likeness (QED) is 0.631. The highest BCUT2D eigenvalue weighted by Crippen LogP contribution is 1.98. The highest BCUT2D eigenvalue weighted by atomic mass is 36.0. The first kappa shape index (κ1) is 12.9. The van der Waals surface area contributed by atoms with Gasteiger partial charge in [-0.2, -0.15) is 8.42 Å². The van der Waals surface area contributed by atoms with Crippen molar-refractivity contribution < 1.29 is 21.6 Å². The van der Waals surface area contributed by atoms with Crippen LogP contribution in [-0.2, 0) is 8.26 Å². The van der Waals surface area contributed by atoms with Gasteiger partial charge in [0.1, 0.15) is 0 Å². The predicted octanol–water partition coefficient (Wildman–Crippen LogP) is 1.93. The van der Waals surface area contributed by atoms with Gasteiger partial charge in [-0.3, -0.25) is 0 Å². The Morgan fingerprint density at radius 2 is 1.40 bits per heavy atom. The monoisotopic (exact) mass is 218 g/mol. The summed E-state index contributed by atoms with van der Waals surface area (Å²) in [6, 6.07) is 0. The van der Waals surface area contributed by atoms with E-state index in [1.165, 1.54) is 0 Å². The van der Waals surface area contributed by atoms with E-state index in [1.54, 1.807) is 0 Å². The normalized spacial score (nSPS) is 10.6. The molecule has 64 valence electrons. The van der Waals surface area contributed by atoms with E-state index in [0.717, 1.165) is 0 Å². The third-order valence-electron chi connectivity index (χ3n) is 0.117. The molecule has 8 heteroatoms. The van der Waals surface area contributed by atoms with Gasteiger partial charge in [-0.15, -0.1) is 0 Å². The number of halogens is 5. The summed E-state index contributed by atoms with van der Waals surface area (Å²) >= 11 is 0. The van der Waals surface area contributed by atoms with Gasteiger partial charge in [-0.05, 0) is 0 Å². The number of rotatable bonds is 1. The van der Waals surface area contributed by atoms with Gasteiger partial charge in [0.25, 0.3) is 6.43 Å². The van der Waals surface area contributed by atoms with Crippen molar-refractivity contribution in [2.45, 2.75) is 6.43 Å². The van der Waals surface area contributed by atoms with Crippen molar-refractivity contribution in [3.63, 3.8) is 0 Å². The first-order chi connectivity index (χ1) is 4.27. The molecule has 0 aromatic rings. The molecule has 2 nitrogen and oxygen atoms in total. The molecule has 0 aliphatic rings. The average Bonchev–Trinajstić information content (AvgIpc) is 1.61. The third kappa shape index (κ3) is 82.8. The van der Waals surface area contributed by atoms with Crippen LogP contribution in [-0.4, -0.2) is 21.5 Å². The smallest absolute Gasteiger partial charge is 0.245 e. The lowest BCUT2D eigenvalue weighted by atomic mass is 10.8. The fraction of sp³-hybridized carbons (Fsp3) is 1.00. The maximum Gasteiger partial charge on any atom is 0.317 e. The summed E-state index contributed by atoms with van der Waals surface area (Å²) in [5, 5.41) is 0. The minimum absolute atomic E-state index is 1.53. The average molecular weight is 219 g/mol. The second-order valence-corrected chi connectivity index (χ2v) is 4.59. The fourth-order valence-corrected chi connectivity index (χ4v) is 0. The van der Waals surface area contributed by atoms with Gasteiger partial charge < -0.3 is 0 Å². The summed E-state index contributed by atoms with van der Waals surface area (Å²) in [5.74, 6) is 0. The van der Waals surface area contributed by atoms with Crippen molar-refractivity contribution in [2.75, 3.05) is 6.67 Å². The maximum absolute atomic E-state index is 10.4. The lowest BCUT2D eigenvalue weighted by Gasteiger charge is -1.78. The minimum atomic E-state index is -3.72. The summed E-state index contributed by atoms with van der Waals surface area (Å²) in [6.45, 7) is -1.53. The van der Waals surface area contributed by atoms with Crippen molar-refractivity contribution in [3.8, 4) is 0 Å². The fourth-order valence-electron chi connectivity index (χ4n) is 0. The summed E-state index contributed by atoms with van der Waals surface area (Å²) in [4.78, 5) is 0. The van der Waals surface area contributed by atoms with Gasteiger partial charge in [-0.1, -0.05) is 0 Å². The second-order valence-electron chi connectivity index (χ2n) is 0.924. The van der Waals surface area contributed by atoms with E-state index in [-0.39, 0.29) is 0 Å². The van der Waals surface area contributed by atoms with Gasteiger partial charge in [0.15, 0.2) is 6.67 Å². The Morgan fingerprint density at radius 1 is 1.30 bits per heavy atom. The van der Waals surface area contributed by atoms with E-state index >= 15 is 0 Å². The molecule has 0 amide bonds. The Bertz CT molecular complexity index is 148. The van der Waals surface area contributed by atoms with Crippen molar-refractivity contribution in [1.82, 2.24) is 0 Å². The molecule has 0 saturated heterocycles. The molecule has 0 rings (SSSR count). The van der Waals surface area contributed by atoms with Crippen LogP contribution in [0.3, 0.4) is 0 Å². The molecule has 0 bridgehead atoms. The zero-order valence-electron chi connectivity index (χ0n) is 4.40. The van der Waals surface area contributed by atoms with Crippen LogP contribution in [0.5, 0.6) is 0 Å². The van der Waals surface area contributed by atoms with Crippen LogP contribution < -0.4 is 0 Å². The lowest BCUT2D eigenvalue weighted by Crippen LogP contribution is -1.88. The second kappa shape index (κ2) is 6.06. The zero-order chi connectivity index (χ0) is 8.78. The van der Waals surface area contributed by atoms with Crippen LogP contribution >= 0.6 is 21.4 Å². The summed E-state index contributed by atoms with van der Waals surface area (Å²) < 4.78 is 49.5. The Kier molecular flexibility index (Phi) is 7.84. The third-order valence-corrected chi connectivity index (χ3v) is 0.117. The molecule has 0 aromatic heterocycles.